The van der Waals surface area contributed by atoms with E-state index in [1.165, 1.54) is 6.33 Å². The molecule has 0 unspecified atom stereocenters. The number of nitrogens with one attached hydrogen (secondary N) is 1. The molecule has 1 N–H and O–H groups in total. The fourth-order valence-electron chi connectivity index (χ4n) is 2.57. The molecule has 2 heterocycles. The maximum Gasteiger partial charge on any atom is 0.161 e. The normalized spacial score (nSPS) is 16.8. The van der Waals surface area contributed by atoms with Gasteiger partial charge < -0.3 is 14.8 Å². The van der Waals surface area contributed by atoms with Crippen LogP contribution in [-0.2, 0) is 0 Å². The molecule has 11 heteroatoms. The summed E-state index contributed by atoms with van der Waals surface area (Å²) >= 11 is 3.15. The van der Waals surface area contributed by atoms with E-state index in [-0.39, 0.29) is 17.2 Å². The third kappa shape index (κ3) is 3.08. The summed E-state index contributed by atoms with van der Waals surface area (Å²) in [6.07, 6.45) is 1.32. The molecule has 0 spiro atoms. The monoisotopic (exact) mass is 415 g/mol. The molecule has 8 radical (unpaired) electrons. The molecule has 0 amide bonds. The summed E-state index contributed by atoms with van der Waals surface area (Å²) in [5.74, 6) is 0.310. The van der Waals surface area contributed by atoms with E-state index in [9.17, 15) is 4.39 Å². The van der Waals surface area contributed by atoms with Crippen molar-refractivity contribution in [1.82, 2.24) is 9.97 Å². The first-order valence-electron chi connectivity index (χ1n) is 7.71. The number of ether oxygens (including phenoxy) is 2. The van der Waals surface area contributed by atoms with E-state index < -0.39 is 16.6 Å². The van der Waals surface area contributed by atoms with Crippen LogP contribution in [-0.4, -0.2) is 52.2 Å². The van der Waals surface area contributed by atoms with Gasteiger partial charge >= 0.3 is 0 Å². The lowest BCUT2D eigenvalue weighted by Gasteiger charge is -2.48. The lowest BCUT2D eigenvalue weighted by molar-refractivity contribution is 0.0621. The van der Waals surface area contributed by atoms with Crippen LogP contribution in [0.25, 0.3) is 10.9 Å². The highest BCUT2D eigenvalue weighted by Crippen LogP contribution is 2.42. The summed E-state index contributed by atoms with van der Waals surface area (Å²) in [4.78, 5) is 8.36. The van der Waals surface area contributed by atoms with Crippen molar-refractivity contribution in [3.8, 4) is 11.5 Å². The third-order valence-corrected chi connectivity index (χ3v) is 4.69. The maximum atomic E-state index is 14.3. The molecule has 1 aliphatic heterocycles. The fourth-order valence-corrected chi connectivity index (χ4v) is 2.94. The van der Waals surface area contributed by atoms with E-state index in [1.807, 2.05) is 0 Å². The molecule has 27 heavy (non-hydrogen) atoms. The molecule has 1 aliphatic rings. The lowest BCUT2D eigenvalue weighted by atomic mass is 9.41. The number of rotatable bonds is 2. The number of halogens is 2. The van der Waals surface area contributed by atoms with Gasteiger partial charge in [-0.2, -0.15) is 0 Å². The van der Waals surface area contributed by atoms with E-state index in [0.29, 0.717) is 21.2 Å². The zero-order chi connectivity index (χ0) is 19.4. The van der Waals surface area contributed by atoms with Gasteiger partial charge in [0.25, 0.3) is 0 Å². The van der Waals surface area contributed by atoms with Crippen LogP contribution < -0.4 is 14.8 Å². The predicted octanol–water partition coefficient (Wildman–Crippen LogP) is 2.03. The van der Waals surface area contributed by atoms with Gasteiger partial charge in [-0.25, -0.2) is 14.4 Å². The van der Waals surface area contributed by atoms with Gasteiger partial charge in [-0.1, -0.05) is 6.07 Å². The number of aromatic nitrogens is 2. The van der Waals surface area contributed by atoms with Crippen LogP contribution in [0.1, 0.15) is 0 Å². The molecule has 4 rings (SSSR count). The second kappa shape index (κ2) is 6.19. The Hall–Kier alpha value is -2.15. The highest BCUT2D eigenvalue weighted by molar-refractivity contribution is 9.10. The minimum atomic E-state index is -1.96. The quantitative estimate of drug-likeness (QED) is 0.650. The Balaban J connectivity index is 1.82. The Morgan fingerprint density at radius 1 is 1.00 bits per heavy atom. The summed E-state index contributed by atoms with van der Waals surface area (Å²) in [5.41, 5.74) is 0.719. The fraction of sp³-hybridized carbons (Fsp3) is 0.125. The van der Waals surface area contributed by atoms with Gasteiger partial charge in [0.05, 0.1) is 15.7 Å². The van der Waals surface area contributed by atoms with Crippen LogP contribution in [0.15, 0.2) is 41.1 Å². The first-order chi connectivity index (χ1) is 12.7. The van der Waals surface area contributed by atoms with Crippen molar-refractivity contribution in [2.75, 3.05) is 5.32 Å². The van der Waals surface area contributed by atoms with E-state index in [0.717, 1.165) is 0 Å². The highest BCUT2D eigenvalue weighted by atomic mass is 79.9. The number of anilines is 2. The minimum Gasteiger partial charge on any atom is -0.501 e. The van der Waals surface area contributed by atoms with Crippen molar-refractivity contribution in [1.29, 1.82) is 0 Å². The van der Waals surface area contributed by atoms with Crippen molar-refractivity contribution >= 4 is 69.7 Å². The summed E-state index contributed by atoms with van der Waals surface area (Å²) in [6.45, 7) is 0. The molecule has 1 aromatic heterocycles. The first-order valence-corrected chi connectivity index (χ1v) is 8.50. The summed E-state index contributed by atoms with van der Waals surface area (Å²) < 4.78 is 25.6. The van der Waals surface area contributed by atoms with Crippen molar-refractivity contribution in [2.45, 2.75) is 10.8 Å². The lowest BCUT2D eigenvalue weighted by Crippen LogP contribution is -2.65. The number of hydrogen-bond acceptors (Lipinski definition) is 5. The molecule has 2 aromatic carbocycles. The first kappa shape index (κ1) is 18.2. The Kier molecular flexibility index (Phi) is 4.18. The molecule has 0 saturated carbocycles. The van der Waals surface area contributed by atoms with Gasteiger partial charge in [0.15, 0.2) is 17.3 Å². The predicted molar refractivity (Wildman–Crippen MR) is 107 cm³/mol. The molecule has 0 bridgehead atoms. The molecule has 0 atom stereocenters. The Morgan fingerprint density at radius 3 is 2.37 bits per heavy atom. The molecule has 124 valence electrons. The number of benzene rings is 2. The molecule has 0 fully saturated rings. The third-order valence-electron chi connectivity index (χ3n) is 4.07. The van der Waals surface area contributed by atoms with Gasteiger partial charge in [-0.05, 0) is 34.1 Å². The van der Waals surface area contributed by atoms with Crippen molar-refractivity contribution in [3.05, 3.63) is 46.9 Å². The van der Waals surface area contributed by atoms with Crippen molar-refractivity contribution in [3.63, 3.8) is 0 Å². The molecule has 3 aromatic rings. The largest absolute Gasteiger partial charge is 0.501 e. The van der Waals surface area contributed by atoms with E-state index >= 15 is 0 Å². The standard InChI is InChI=1S/C16H7B4BrFN3O2/c17-15(18)16(19,20)27-12-5-10-7(4-11(12)26-15)14(24-6-23-10)25-9-3-1-2-8(21)13(9)22/h1-6H,(H,23,24,25). The van der Waals surface area contributed by atoms with Gasteiger partial charge in [0, 0.05) is 22.3 Å². The summed E-state index contributed by atoms with van der Waals surface area (Å²) in [7, 11) is 23.1. The second-order valence-electron chi connectivity index (χ2n) is 6.06. The molecule has 5 nitrogen and oxygen atoms in total. The van der Waals surface area contributed by atoms with Gasteiger partial charge in [-0.15, -0.1) is 0 Å². The Bertz CT molecular complexity index is 1070. The molecule has 0 saturated heterocycles. The summed E-state index contributed by atoms with van der Waals surface area (Å²) in [5, 5.41) is -0.448. The van der Waals surface area contributed by atoms with E-state index in [4.69, 9.17) is 40.9 Å². The Morgan fingerprint density at radius 2 is 1.67 bits per heavy atom. The summed E-state index contributed by atoms with van der Waals surface area (Å²) in [6, 6.07) is 7.98. The highest BCUT2D eigenvalue weighted by Gasteiger charge is 2.43. The van der Waals surface area contributed by atoms with Crippen LogP contribution >= 0.6 is 15.9 Å². The van der Waals surface area contributed by atoms with Crippen LogP contribution in [0.3, 0.4) is 0 Å². The zero-order valence-electron chi connectivity index (χ0n) is 13.7. The van der Waals surface area contributed by atoms with Crippen molar-refractivity contribution in [2.24, 2.45) is 0 Å². The molecular formula is C16H7B4BrFN3O2. The second-order valence-corrected chi connectivity index (χ2v) is 6.91. The van der Waals surface area contributed by atoms with Crippen LogP contribution in [0.2, 0.25) is 0 Å². The molecule has 0 aliphatic carbocycles. The van der Waals surface area contributed by atoms with Gasteiger partial charge in [0.2, 0.25) is 0 Å². The zero-order valence-corrected chi connectivity index (χ0v) is 15.3. The van der Waals surface area contributed by atoms with E-state index in [2.05, 4.69) is 31.2 Å². The van der Waals surface area contributed by atoms with Crippen molar-refractivity contribution < 1.29 is 13.9 Å². The SMILES string of the molecule is [B]C1([B])Oc2cc3ncnc(Nc4cccc(Br)c4F)c3cc2OC1([B])[B]. The smallest absolute Gasteiger partial charge is 0.161 e. The number of hydrogen-bond donors (Lipinski definition) is 1. The van der Waals surface area contributed by atoms with Crippen LogP contribution in [0.5, 0.6) is 11.5 Å². The van der Waals surface area contributed by atoms with Crippen LogP contribution in [0, 0.1) is 5.82 Å². The number of fused-ring (bicyclic) bond motifs is 2. The molecular weight excluding hydrogens is 408 g/mol. The average Bonchev–Trinajstić information content (AvgIpc) is 2.58. The topological polar surface area (TPSA) is 56.3 Å². The van der Waals surface area contributed by atoms with Gasteiger partial charge in [-0.3, -0.25) is 0 Å². The van der Waals surface area contributed by atoms with Gasteiger partial charge in [0.1, 0.15) is 43.5 Å². The minimum absolute atomic E-state index is 0.201. The number of nitrogens with zero attached hydrogens (tertiary/aromatic N) is 2. The maximum absolute atomic E-state index is 14.3. The van der Waals surface area contributed by atoms with Crippen LogP contribution in [0.4, 0.5) is 15.9 Å². The Labute approximate surface area is 168 Å². The van der Waals surface area contributed by atoms with E-state index in [1.54, 1.807) is 30.3 Å². The average molecular weight is 415 g/mol.